The molecule has 1 nitrogen and oxygen atoms in total. The zero-order chi connectivity index (χ0) is 10.4. The van der Waals surface area contributed by atoms with Crippen molar-refractivity contribution in [3.8, 4) is 0 Å². The molecule has 1 N–H and O–H groups in total. The van der Waals surface area contributed by atoms with Crippen LogP contribution < -0.4 is 5.32 Å². The Morgan fingerprint density at radius 2 is 2.50 bits per heavy atom. The first kappa shape index (κ1) is 12.3. The van der Waals surface area contributed by atoms with Crippen LogP contribution >= 0.6 is 32.5 Å². The van der Waals surface area contributed by atoms with E-state index < -0.39 is 0 Å². The largest absolute Gasteiger partial charge is 0.373 e. The summed E-state index contributed by atoms with van der Waals surface area (Å²) in [5, 5.41) is 6.18. The van der Waals surface area contributed by atoms with E-state index in [9.17, 15) is 0 Å². The maximum Gasteiger partial charge on any atom is 0.0735 e. The molecule has 0 amide bonds. The van der Waals surface area contributed by atoms with Crippen molar-refractivity contribution in [3.05, 3.63) is 22.8 Å². The molecule has 0 aromatic carbocycles. The molecule has 1 atom stereocenters. The van der Waals surface area contributed by atoms with Gasteiger partial charge in [0.05, 0.1) is 5.37 Å². The SMILES string of the molecule is CI=CCC/C(C)=C/C1=CSC(C)N1. The van der Waals surface area contributed by atoms with Gasteiger partial charge in [-0.2, -0.15) is 0 Å². The molecule has 1 aliphatic heterocycles. The molecule has 1 heterocycles. The molecule has 0 bridgehead atoms. The highest BCUT2D eigenvalue weighted by molar-refractivity contribution is 14.2. The van der Waals surface area contributed by atoms with Crippen molar-refractivity contribution in [2.45, 2.75) is 32.1 Å². The Kier molecular flexibility index (Phi) is 5.86. The van der Waals surface area contributed by atoms with Crippen LogP contribution in [0.1, 0.15) is 26.7 Å². The van der Waals surface area contributed by atoms with Gasteiger partial charge in [-0.05, 0) is 43.1 Å². The number of alkyl halides is 1. The minimum Gasteiger partial charge on any atom is -0.373 e. The van der Waals surface area contributed by atoms with Crippen LogP contribution in [0.3, 0.4) is 0 Å². The van der Waals surface area contributed by atoms with Crippen molar-refractivity contribution < 1.29 is 0 Å². The van der Waals surface area contributed by atoms with E-state index in [1.807, 2.05) is 11.8 Å². The number of rotatable bonds is 4. The molecule has 80 valence electrons. The summed E-state index contributed by atoms with van der Waals surface area (Å²) in [5.41, 5.74) is 2.76. The predicted octanol–water partition coefficient (Wildman–Crippen LogP) is 3.64. The Labute approximate surface area is 101 Å². The molecule has 0 aromatic heterocycles. The van der Waals surface area contributed by atoms with Crippen molar-refractivity contribution >= 4 is 36.5 Å². The summed E-state index contributed by atoms with van der Waals surface area (Å²) in [7, 11) is 0. The lowest BCUT2D eigenvalue weighted by atomic mass is 10.1. The number of halogens is 1. The Morgan fingerprint density at radius 1 is 1.71 bits per heavy atom. The summed E-state index contributed by atoms with van der Waals surface area (Å²) in [6.07, 6.45) is 4.74. The van der Waals surface area contributed by atoms with E-state index >= 15 is 0 Å². The third-order valence-electron chi connectivity index (χ3n) is 1.97. The molecule has 1 unspecified atom stereocenters. The van der Waals surface area contributed by atoms with Crippen LogP contribution in [0, 0.1) is 0 Å². The highest BCUT2D eigenvalue weighted by Gasteiger charge is 2.08. The van der Waals surface area contributed by atoms with Crippen LogP contribution in [-0.2, 0) is 0 Å². The summed E-state index contributed by atoms with van der Waals surface area (Å²) in [6.45, 7) is 4.41. The molecule has 0 fully saturated rings. The third-order valence-corrected chi connectivity index (χ3v) is 4.39. The fraction of sp³-hybridized carbons (Fsp3) is 0.545. The molecule has 1 aliphatic rings. The van der Waals surface area contributed by atoms with E-state index in [-0.39, 0.29) is 0 Å². The van der Waals surface area contributed by atoms with E-state index in [0.717, 1.165) is 0 Å². The Balaban J connectivity index is 2.36. The Hall–Kier alpha value is 0.230. The van der Waals surface area contributed by atoms with Crippen molar-refractivity contribution in [1.82, 2.24) is 5.32 Å². The summed E-state index contributed by atoms with van der Waals surface area (Å²) < 4.78 is 2.45. The van der Waals surface area contributed by atoms with Crippen molar-refractivity contribution in [2.75, 3.05) is 4.93 Å². The summed E-state index contributed by atoms with van der Waals surface area (Å²) >= 11 is 2.22. The molecule has 0 aromatic rings. The highest BCUT2D eigenvalue weighted by atomic mass is 127. The molecule has 14 heavy (non-hydrogen) atoms. The molecule has 0 radical (unpaired) electrons. The number of nitrogens with one attached hydrogen (secondary N) is 1. The number of thioether (sulfide) groups is 1. The molecule has 0 saturated heterocycles. The number of hydrogen-bond acceptors (Lipinski definition) is 2. The van der Waals surface area contributed by atoms with Gasteiger partial charge in [0, 0.05) is 5.70 Å². The number of allylic oxidation sites excluding steroid dienone is 2. The van der Waals surface area contributed by atoms with Gasteiger partial charge in [0.25, 0.3) is 0 Å². The van der Waals surface area contributed by atoms with Gasteiger partial charge in [0.2, 0.25) is 0 Å². The van der Waals surface area contributed by atoms with Gasteiger partial charge in [0.15, 0.2) is 0 Å². The smallest absolute Gasteiger partial charge is 0.0735 e. The summed E-state index contributed by atoms with van der Waals surface area (Å²) in [4.78, 5) is 2.30. The zero-order valence-electron chi connectivity index (χ0n) is 9.01. The van der Waals surface area contributed by atoms with Gasteiger partial charge < -0.3 is 5.32 Å². The molecule has 3 heteroatoms. The standard InChI is InChI=1S/C11H18INS/c1-9(5-4-6-12-3)7-11-8-14-10(2)13-11/h6-8,10,13H,4-5H2,1-3H3/b9-7+. The van der Waals surface area contributed by atoms with Crippen LogP contribution in [0.4, 0.5) is 0 Å². The second-order valence-corrected chi connectivity index (χ2v) is 6.74. The first-order valence-corrected chi connectivity index (χ1v) is 9.16. The van der Waals surface area contributed by atoms with Gasteiger partial charge in [-0.15, -0.1) is 32.5 Å². The minimum atomic E-state index is 0.365. The molecular weight excluding hydrogens is 305 g/mol. The van der Waals surface area contributed by atoms with Gasteiger partial charge in [-0.25, -0.2) is 0 Å². The van der Waals surface area contributed by atoms with E-state index in [1.165, 1.54) is 24.1 Å². The van der Waals surface area contributed by atoms with E-state index in [1.54, 1.807) is 0 Å². The van der Waals surface area contributed by atoms with Crippen LogP contribution in [0.15, 0.2) is 22.8 Å². The average molecular weight is 323 g/mol. The monoisotopic (exact) mass is 323 g/mol. The van der Waals surface area contributed by atoms with Crippen LogP contribution in [-0.4, -0.2) is 14.3 Å². The highest BCUT2D eigenvalue weighted by Crippen LogP contribution is 2.21. The first-order chi connectivity index (χ1) is 6.72. The van der Waals surface area contributed by atoms with Crippen LogP contribution in [0.25, 0.3) is 0 Å². The van der Waals surface area contributed by atoms with Gasteiger partial charge in [0.1, 0.15) is 0 Å². The lowest BCUT2D eigenvalue weighted by Crippen LogP contribution is -2.15. The first-order valence-electron chi connectivity index (χ1n) is 4.81. The predicted molar refractivity (Wildman–Crippen MR) is 77.3 cm³/mol. The fourth-order valence-electron chi connectivity index (χ4n) is 1.28. The van der Waals surface area contributed by atoms with Gasteiger partial charge >= 0.3 is 0 Å². The topological polar surface area (TPSA) is 12.0 Å². The van der Waals surface area contributed by atoms with Crippen molar-refractivity contribution in [3.63, 3.8) is 0 Å². The quantitative estimate of drug-likeness (QED) is 0.626. The van der Waals surface area contributed by atoms with E-state index in [0.29, 0.717) is 26.1 Å². The Bertz CT molecular complexity index is 268. The van der Waals surface area contributed by atoms with Gasteiger partial charge in [-0.1, -0.05) is 9.58 Å². The van der Waals surface area contributed by atoms with Crippen molar-refractivity contribution in [1.29, 1.82) is 0 Å². The third kappa shape index (κ3) is 4.64. The molecule has 1 rings (SSSR count). The van der Waals surface area contributed by atoms with Crippen LogP contribution in [0.2, 0.25) is 0 Å². The Morgan fingerprint density at radius 3 is 3.07 bits per heavy atom. The minimum absolute atomic E-state index is 0.365. The maximum absolute atomic E-state index is 3.42. The number of hydrogen-bond donors (Lipinski definition) is 1. The second-order valence-electron chi connectivity index (χ2n) is 3.40. The lowest BCUT2D eigenvalue weighted by molar-refractivity contribution is 0.837. The zero-order valence-corrected chi connectivity index (χ0v) is 12.0. The van der Waals surface area contributed by atoms with E-state index in [4.69, 9.17) is 0 Å². The van der Waals surface area contributed by atoms with Gasteiger partial charge in [-0.3, -0.25) is 0 Å². The second kappa shape index (κ2) is 6.67. The van der Waals surface area contributed by atoms with Crippen LogP contribution in [0.5, 0.6) is 0 Å². The summed E-state index contributed by atoms with van der Waals surface area (Å²) in [6, 6.07) is 0. The lowest BCUT2D eigenvalue weighted by Gasteiger charge is -2.04. The normalized spacial score (nSPS) is 23.2. The molecule has 0 saturated carbocycles. The molecular formula is C11H18INS. The van der Waals surface area contributed by atoms with Crippen molar-refractivity contribution in [2.24, 2.45) is 0 Å². The molecule has 0 aliphatic carbocycles. The summed E-state index contributed by atoms with van der Waals surface area (Å²) in [5.74, 6) is 0. The molecule has 0 spiro atoms. The maximum atomic E-state index is 3.42. The van der Waals surface area contributed by atoms with E-state index in [2.05, 4.69) is 39.6 Å². The fourth-order valence-corrected chi connectivity index (χ4v) is 2.91. The average Bonchev–Trinajstić information content (AvgIpc) is 2.52.